The van der Waals surface area contributed by atoms with E-state index in [4.69, 9.17) is 4.98 Å². The molecule has 322 valence electrons. The first-order chi connectivity index (χ1) is 34.2. The van der Waals surface area contributed by atoms with E-state index in [2.05, 4.69) is 268 Å². The number of benzene rings is 10. The molecule has 14 rings (SSSR count). The van der Waals surface area contributed by atoms with E-state index in [0.717, 1.165) is 83.9 Å². The molecular weight excluding hydrogens is 837 g/mol. The third kappa shape index (κ3) is 6.34. The molecule has 0 bridgehead atoms. The molecule has 69 heavy (non-hydrogen) atoms. The van der Waals surface area contributed by atoms with E-state index >= 15 is 0 Å². The molecule has 14 aromatic rings. The highest BCUT2D eigenvalue weighted by Gasteiger charge is 2.19. The maximum absolute atomic E-state index is 5.56. The molecule has 10 aromatic carbocycles. The van der Waals surface area contributed by atoms with Gasteiger partial charge in [-0.05, 0) is 101 Å². The number of hydrogen-bond acceptors (Lipinski definition) is 1. The fourth-order valence-electron chi connectivity index (χ4n) is 10.9. The molecule has 0 aliphatic heterocycles. The number of pyridine rings is 1. The average molecular weight is 879 g/mol. The topological polar surface area (TPSA) is 27.7 Å². The maximum atomic E-state index is 5.56. The lowest BCUT2D eigenvalue weighted by atomic mass is 9.98. The molecule has 0 N–H and O–H groups in total. The van der Waals surface area contributed by atoms with Crippen LogP contribution in [0.1, 0.15) is 0 Å². The molecule has 0 aliphatic carbocycles. The van der Waals surface area contributed by atoms with E-state index in [0.29, 0.717) is 0 Å². The Labute approximate surface area is 398 Å². The second-order valence-electron chi connectivity index (χ2n) is 18.0. The zero-order valence-corrected chi connectivity index (χ0v) is 37.5. The van der Waals surface area contributed by atoms with Gasteiger partial charge in [0.15, 0.2) is 0 Å². The van der Waals surface area contributed by atoms with Gasteiger partial charge in [-0.2, -0.15) is 0 Å². The number of aromatic nitrogens is 4. The van der Waals surface area contributed by atoms with Gasteiger partial charge in [0.05, 0.1) is 44.5 Å². The number of hydrogen-bond donors (Lipinski definition) is 0. The van der Waals surface area contributed by atoms with Gasteiger partial charge in [0, 0.05) is 60.5 Å². The molecule has 0 saturated heterocycles. The summed E-state index contributed by atoms with van der Waals surface area (Å²) in [6.07, 6.45) is 0. The van der Waals surface area contributed by atoms with Gasteiger partial charge < -0.3 is 13.7 Å². The van der Waals surface area contributed by atoms with Gasteiger partial charge in [-0.25, -0.2) is 4.98 Å². The van der Waals surface area contributed by atoms with Gasteiger partial charge in [0.2, 0.25) is 0 Å². The molecule has 0 aliphatic rings. The molecule has 4 nitrogen and oxygen atoms in total. The van der Waals surface area contributed by atoms with Crippen molar-refractivity contribution in [2.45, 2.75) is 0 Å². The van der Waals surface area contributed by atoms with E-state index < -0.39 is 0 Å². The van der Waals surface area contributed by atoms with Crippen LogP contribution in [0.15, 0.2) is 255 Å². The summed E-state index contributed by atoms with van der Waals surface area (Å²) < 4.78 is 7.20. The fraction of sp³-hybridized carbons (Fsp3) is 0. The summed E-state index contributed by atoms with van der Waals surface area (Å²) in [4.78, 5) is 5.56. The van der Waals surface area contributed by atoms with Crippen LogP contribution < -0.4 is 0 Å². The molecule has 4 heterocycles. The van der Waals surface area contributed by atoms with Gasteiger partial charge in [0.25, 0.3) is 0 Å². The van der Waals surface area contributed by atoms with Crippen molar-refractivity contribution in [3.05, 3.63) is 255 Å². The van der Waals surface area contributed by atoms with E-state index in [1.54, 1.807) is 0 Å². The third-order valence-electron chi connectivity index (χ3n) is 14.0. The lowest BCUT2D eigenvalue weighted by Crippen LogP contribution is -2.01. The van der Waals surface area contributed by atoms with Crippen molar-refractivity contribution in [2.75, 3.05) is 0 Å². The van der Waals surface area contributed by atoms with Gasteiger partial charge in [-0.15, -0.1) is 0 Å². The van der Waals surface area contributed by atoms with Gasteiger partial charge in [-0.1, -0.05) is 176 Å². The molecule has 0 unspecified atom stereocenters. The summed E-state index contributed by atoms with van der Waals surface area (Å²) in [5.74, 6) is 0. The summed E-state index contributed by atoms with van der Waals surface area (Å²) in [5, 5.41) is 7.44. The molecule has 4 heteroatoms. The second-order valence-corrected chi connectivity index (χ2v) is 18.0. The van der Waals surface area contributed by atoms with Gasteiger partial charge in [-0.3, -0.25) is 0 Å². The Morgan fingerprint density at radius 1 is 0.203 bits per heavy atom. The predicted octanol–water partition coefficient (Wildman–Crippen LogP) is 17.0. The van der Waals surface area contributed by atoms with Crippen LogP contribution in [0.25, 0.3) is 127 Å². The first kappa shape index (κ1) is 39.0. The predicted molar refractivity (Wildman–Crippen MR) is 289 cm³/mol. The van der Waals surface area contributed by atoms with Crippen LogP contribution in [0.4, 0.5) is 0 Å². The van der Waals surface area contributed by atoms with Crippen LogP contribution in [-0.4, -0.2) is 18.7 Å². The molecule has 0 fully saturated rings. The summed E-state index contributed by atoms with van der Waals surface area (Å²) in [6, 6.07) is 92.3. The Balaban J connectivity index is 0.924. The quantitative estimate of drug-likeness (QED) is 0.157. The van der Waals surface area contributed by atoms with Crippen LogP contribution >= 0.6 is 0 Å². The minimum Gasteiger partial charge on any atom is -0.309 e. The lowest BCUT2D eigenvalue weighted by molar-refractivity contribution is 1.13. The van der Waals surface area contributed by atoms with Crippen molar-refractivity contribution in [2.24, 2.45) is 0 Å². The highest BCUT2D eigenvalue weighted by atomic mass is 15.0. The maximum Gasteiger partial charge on any atom is 0.0717 e. The normalized spacial score (nSPS) is 11.8. The average Bonchev–Trinajstić information content (AvgIpc) is 4.07. The van der Waals surface area contributed by atoms with Gasteiger partial charge in [0.1, 0.15) is 0 Å². The summed E-state index contributed by atoms with van der Waals surface area (Å²) in [7, 11) is 0. The van der Waals surface area contributed by atoms with Crippen molar-refractivity contribution < 1.29 is 0 Å². The molecule has 0 radical (unpaired) electrons. The zero-order chi connectivity index (χ0) is 45.4. The van der Waals surface area contributed by atoms with Crippen LogP contribution in [-0.2, 0) is 0 Å². The van der Waals surface area contributed by atoms with E-state index in [1.807, 2.05) is 0 Å². The van der Waals surface area contributed by atoms with Gasteiger partial charge >= 0.3 is 0 Å². The third-order valence-corrected chi connectivity index (χ3v) is 14.0. The Morgan fingerprint density at radius 2 is 0.507 bits per heavy atom. The Hall–Kier alpha value is -9.25. The molecular formula is C65H42N4. The Bertz CT molecular complexity index is 3990. The van der Waals surface area contributed by atoms with Crippen LogP contribution in [0.2, 0.25) is 0 Å². The van der Waals surface area contributed by atoms with Crippen molar-refractivity contribution in [1.82, 2.24) is 18.7 Å². The largest absolute Gasteiger partial charge is 0.309 e. The smallest absolute Gasteiger partial charge is 0.0717 e. The Morgan fingerprint density at radius 3 is 0.913 bits per heavy atom. The van der Waals surface area contributed by atoms with Crippen molar-refractivity contribution in [1.29, 1.82) is 0 Å². The van der Waals surface area contributed by atoms with Crippen LogP contribution in [0.5, 0.6) is 0 Å². The summed E-state index contributed by atoms with van der Waals surface area (Å²) in [5.41, 5.74) is 18.8. The molecule has 0 atom stereocenters. The molecule has 4 aromatic heterocycles. The van der Waals surface area contributed by atoms with E-state index in [1.165, 1.54) is 43.4 Å². The number of nitrogens with zero attached hydrogens (tertiary/aromatic N) is 4. The minimum atomic E-state index is 0.903. The SMILES string of the molecule is c1ccc(-c2cc(-c3ccc(-c4ccc(-n5c6ccccc6c6ccccc65)cc4)cc3)nc(-c3cc(-n4c5ccccc5c5ccccc54)cc(-n4c5ccccc5c5ccccc54)c3)c2)cc1. The highest BCUT2D eigenvalue weighted by Crippen LogP contribution is 2.40. The monoisotopic (exact) mass is 878 g/mol. The van der Waals surface area contributed by atoms with E-state index in [9.17, 15) is 0 Å². The molecule has 0 saturated carbocycles. The molecule has 0 amide bonds. The van der Waals surface area contributed by atoms with Crippen molar-refractivity contribution in [3.63, 3.8) is 0 Å². The zero-order valence-electron chi connectivity index (χ0n) is 37.5. The van der Waals surface area contributed by atoms with E-state index in [-0.39, 0.29) is 0 Å². The summed E-state index contributed by atoms with van der Waals surface area (Å²) >= 11 is 0. The second kappa shape index (κ2) is 15.7. The number of fused-ring (bicyclic) bond motifs is 9. The first-order valence-electron chi connectivity index (χ1n) is 23.6. The van der Waals surface area contributed by atoms with Crippen molar-refractivity contribution in [3.8, 4) is 61.8 Å². The Kier molecular flexibility index (Phi) is 8.86. The highest BCUT2D eigenvalue weighted by molar-refractivity contribution is 6.11. The first-order valence-corrected chi connectivity index (χ1v) is 23.6. The fourth-order valence-corrected chi connectivity index (χ4v) is 10.9. The lowest BCUT2D eigenvalue weighted by Gasteiger charge is -2.17. The number of rotatable bonds is 7. The molecule has 0 spiro atoms. The van der Waals surface area contributed by atoms with Crippen LogP contribution in [0, 0.1) is 0 Å². The van der Waals surface area contributed by atoms with Crippen LogP contribution in [0.3, 0.4) is 0 Å². The summed E-state index contributed by atoms with van der Waals surface area (Å²) in [6.45, 7) is 0. The van der Waals surface area contributed by atoms with Crippen molar-refractivity contribution >= 4 is 65.4 Å². The minimum absolute atomic E-state index is 0.903. The number of para-hydroxylation sites is 6. The standard InChI is InChI=1S/C65H42N4/c1-2-16-43(17-3-1)47-40-58(46-32-30-44(31-33-46)45-34-36-49(37-35-45)67-60-24-10-4-18-52(60)53-19-5-11-25-61(53)67)66-59(41-47)48-38-50(68-62-26-12-6-20-54(62)55-21-7-13-27-63(55)68)42-51(39-48)69-64-28-14-8-22-56(64)57-23-9-15-29-65(57)69/h1-42H.